The molecule has 0 N–H and O–H groups in total. The number of hydrogen-bond acceptors (Lipinski definition) is 0. The number of aryl methyl sites for hydroxylation is 1. The molecule has 1 aromatic carbocycles. The lowest BCUT2D eigenvalue weighted by atomic mass is 10.0. The van der Waals surface area contributed by atoms with Gasteiger partial charge in [0, 0.05) is 18.2 Å². The fourth-order valence-electron chi connectivity index (χ4n) is 2.03. The Labute approximate surface area is 105 Å². The Hall–Kier alpha value is -2.03. The summed E-state index contributed by atoms with van der Waals surface area (Å²) in [5.74, 6) is -1.10. The number of halogens is 2. The Bertz CT molecular complexity index is 568. The fraction of sp³-hybridized carbons (Fsp3) is 0.133. The highest BCUT2D eigenvalue weighted by Gasteiger charge is 2.18. The van der Waals surface area contributed by atoms with E-state index in [-0.39, 0.29) is 0 Å². The van der Waals surface area contributed by atoms with Crippen LogP contribution in [-0.4, -0.2) is 0 Å². The van der Waals surface area contributed by atoms with E-state index in [4.69, 9.17) is 0 Å². The molecule has 1 nitrogen and oxygen atoms in total. The van der Waals surface area contributed by atoms with E-state index in [0.29, 0.717) is 23.4 Å². The van der Waals surface area contributed by atoms with Crippen LogP contribution in [0.5, 0.6) is 0 Å². The molecule has 2 rings (SSSR count). The highest BCUT2D eigenvalue weighted by molar-refractivity contribution is 5.61. The van der Waals surface area contributed by atoms with Crippen LogP contribution in [0.15, 0.2) is 49.2 Å². The Balaban J connectivity index is 2.65. The number of rotatable bonds is 3. The number of aromatic nitrogens is 1. The average Bonchev–Trinajstić information content (AvgIpc) is 2.30. The highest BCUT2D eigenvalue weighted by atomic mass is 19.1. The monoisotopic (exact) mass is 246 g/mol. The van der Waals surface area contributed by atoms with E-state index in [0.717, 1.165) is 6.07 Å². The zero-order valence-corrected chi connectivity index (χ0v) is 10.2. The van der Waals surface area contributed by atoms with Crippen LogP contribution in [-0.2, 0) is 6.54 Å². The molecule has 0 aliphatic carbocycles. The van der Waals surface area contributed by atoms with Gasteiger partial charge in [-0.05, 0) is 30.7 Å². The Kier molecular flexibility index (Phi) is 3.51. The lowest BCUT2D eigenvalue weighted by Gasteiger charge is -2.07. The molecule has 0 saturated carbocycles. The van der Waals surface area contributed by atoms with Gasteiger partial charge in [-0.15, -0.1) is 0 Å². The first-order valence-electron chi connectivity index (χ1n) is 5.69. The van der Waals surface area contributed by atoms with Gasteiger partial charge in [-0.25, -0.2) is 8.78 Å². The van der Waals surface area contributed by atoms with Crippen LogP contribution in [0.1, 0.15) is 5.56 Å². The molecule has 0 saturated heterocycles. The zero-order valence-electron chi connectivity index (χ0n) is 10.2. The summed E-state index contributed by atoms with van der Waals surface area (Å²) in [5, 5.41) is 0. The summed E-state index contributed by atoms with van der Waals surface area (Å²) in [7, 11) is 0. The molecule has 0 spiro atoms. The third-order valence-electron chi connectivity index (χ3n) is 2.77. The number of nitrogens with zero attached hydrogens (tertiary/aromatic N) is 1. The minimum atomic E-state index is -0.556. The second-order valence-electron chi connectivity index (χ2n) is 4.11. The van der Waals surface area contributed by atoms with Crippen molar-refractivity contribution in [2.24, 2.45) is 0 Å². The van der Waals surface area contributed by atoms with Gasteiger partial charge in [-0.1, -0.05) is 6.58 Å². The van der Waals surface area contributed by atoms with Crippen LogP contribution in [0.25, 0.3) is 11.3 Å². The second-order valence-corrected chi connectivity index (χ2v) is 4.11. The summed E-state index contributed by atoms with van der Waals surface area (Å²) in [5.41, 5.74) is 1.72. The summed E-state index contributed by atoms with van der Waals surface area (Å²) < 4.78 is 28.9. The van der Waals surface area contributed by atoms with Crippen molar-refractivity contribution in [1.29, 1.82) is 0 Å². The molecule has 0 bridgehead atoms. The molecule has 1 aromatic heterocycles. The first-order chi connectivity index (χ1) is 8.63. The molecule has 0 amide bonds. The van der Waals surface area contributed by atoms with Crippen LogP contribution in [0.4, 0.5) is 8.78 Å². The minimum Gasteiger partial charge on any atom is -0.207 e. The Morgan fingerprint density at radius 3 is 2.72 bits per heavy atom. The number of allylic oxidation sites excluding steroid dienone is 1. The summed E-state index contributed by atoms with van der Waals surface area (Å²) in [6.45, 7) is 5.95. The molecule has 18 heavy (non-hydrogen) atoms. The third kappa shape index (κ3) is 2.30. The summed E-state index contributed by atoms with van der Waals surface area (Å²) in [6, 6.07) is 7.75. The molecule has 0 aliphatic heterocycles. The molecule has 1 heterocycles. The quantitative estimate of drug-likeness (QED) is 0.577. The molecule has 0 radical (unpaired) electrons. The SMILES string of the molecule is C=CC[n+]1ccccc1-c1c(C)cc(F)cc1F. The van der Waals surface area contributed by atoms with Crippen molar-refractivity contribution in [3.63, 3.8) is 0 Å². The van der Waals surface area contributed by atoms with E-state index in [2.05, 4.69) is 6.58 Å². The van der Waals surface area contributed by atoms with Crippen molar-refractivity contribution >= 4 is 0 Å². The van der Waals surface area contributed by atoms with Gasteiger partial charge < -0.3 is 0 Å². The van der Waals surface area contributed by atoms with Crippen molar-refractivity contribution in [1.82, 2.24) is 0 Å². The average molecular weight is 246 g/mol. The van der Waals surface area contributed by atoms with E-state index < -0.39 is 11.6 Å². The minimum absolute atomic E-state index is 0.429. The summed E-state index contributed by atoms with van der Waals surface area (Å²) in [6.07, 6.45) is 3.58. The molecular formula is C15H14F2N+. The van der Waals surface area contributed by atoms with Crippen LogP contribution in [0.3, 0.4) is 0 Å². The van der Waals surface area contributed by atoms with E-state index >= 15 is 0 Å². The molecule has 0 fully saturated rings. The normalized spacial score (nSPS) is 10.4. The Morgan fingerprint density at radius 1 is 1.28 bits per heavy atom. The molecular weight excluding hydrogens is 232 g/mol. The molecule has 3 heteroatoms. The van der Waals surface area contributed by atoms with Gasteiger partial charge in [0.2, 0.25) is 5.69 Å². The van der Waals surface area contributed by atoms with E-state index in [1.807, 2.05) is 29.0 Å². The third-order valence-corrected chi connectivity index (χ3v) is 2.77. The first kappa shape index (κ1) is 12.4. The maximum absolute atomic E-state index is 13.9. The topological polar surface area (TPSA) is 3.88 Å². The van der Waals surface area contributed by atoms with Gasteiger partial charge in [0.15, 0.2) is 12.7 Å². The zero-order chi connectivity index (χ0) is 13.1. The molecule has 92 valence electrons. The van der Waals surface area contributed by atoms with Crippen LogP contribution < -0.4 is 4.57 Å². The Morgan fingerprint density at radius 2 is 2.06 bits per heavy atom. The lowest BCUT2D eigenvalue weighted by Crippen LogP contribution is -2.35. The van der Waals surface area contributed by atoms with Crippen molar-refractivity contribution in [3.05, 3.63) is 66.4 Å². The van der Waals surface area contributed by atoms with Gasteiger partial charge in [0.1, 0.15) is 11.6 Å². The summed E-state index contributed by atoms with van der Waals surface area (Å²) >= 11 is 0. The van der Waals surface area contributed by atoms with Crippen LogP contribution >= 0.6 is 0 Å². The molecule has 0 unspecified atom stereocenters. The first-order valence-corrected chi connectivity index (χ1v) is 5.69. The van der Waals surface area contributed by atoms with E-state index in [1.165, 1.54) is 6.07 Å². The van der Waals surface area contributed by atoms with Crippen molar-refractivity contribution in [2.75, 3.05) is 0 Å². The largest absolute Gasteiger partial charge is 0.216 e. The second kappa shape index (κ2) is 5.08. The number of benzene rings is 1. The van der Waals surface area contributed by atoms with E-state index in [9.17, 15) is 8.78 Å². The lowest BCUT2D eigenvalue weighted by molar-refractivity contribution is -0.676. The molecule has 0 atom stereocenters. The van der Waals surface area contributed by atoms with Gasteiger partial charge in [0.05, 0.1) is 5.56 Å². The fourth-order valence-corrected chi connectivity index (χ4v) is 2.03. The molecule has 2 aromatic rings. The smallest absolute Gasteiger partial charge is 0.207 e. The maximum Gasteiger partial charge on any atom is 0.216 e. The van der Waals surface area contributed by atoms with Crippen LogP contribution in [0.2, 0.25) is 0 Å². The summed E-state index contributed by atoms with van der Waals surface area (Å²) in [4.78, 5) is 0. The van der Waals surface area contributed by atoms with E-state index in [1.54, 1.807) is 13.0 Å². The van der Waals surface area contributed by atoms with Gasteiger partial charge in [0.25, 0.3) is 0 Å². The van der Waals surface area contributed by atoms with Crippen molar-refractivity contribution < 1.29 is 13.3 Å². The predicted molar refractivity (Wildman–Crippen MR) is 66.9 cm³/mol. The number of hydrogen-bond donors (Lipinski definition) is 0. The number of pyridine rings is 1. The van der Waals surface area contributed by atoms with Crippen LogP contribution in [0, 0.1) is 18.6 Å². The van der Waals surface area contributed by atoms with Crippen molar-refractivity contribution in [3.8, 4) is 11.3 Å². The van der Waals surface area contributed by atoms with Crippen molar-refractivity contribution in [2.45, 2.75) is 13.5 Å². The maximum atomic E-state index is 13.9. The molecule has 0 aliphatic rings. The van der Waals surface area contributed by atoms with Gasteiger partial charge in [-0.2, -0.15) is 4.57 Å². The standard InChI is InChI=1S/C15H14F2N/c1-3-7-18-8-5-4-6-14(18)15-11(2)9-12(16)10-13(15)17/h3-6,8-10H,1,7H2,2H3/q+1. The van der Waals surface area contributed by atoms with Gasteiger partial charge in [-0.3, -0.25) is 0 Å². The predicted octanol–water partition coefficient (Wildman–Crippen LogP) is 3.41. The highest BCUT2D eigenvalue weighted by Crippen LogP contribution is 2.24. The van der Waals surface area contributed by atoms with Gasteiger partial charge >= 0.3 is 0 Å².